The molecule has 0 radical (unpaired) electrons. The van der Waals surface area contributed by atoms with E-state index < -0.39 is 67.1 Å². The first-order valence-corrected chi connectivity index (χ1v) is 6.58. The van der Waals surface area contributed by atoms with Crippen LogP contribution < -0.4 is 0 Å². The fraction of sp³-hybridized carbons (Fsp3) is 0.750. The maximum atomic E-state index is 11.7. The minimum atomic E-state index is -2.34. The second kappa shape index (κ2) is 7.77. The van der Waals surface area contributed by atoms with Crippen molar-refractivity contribution in [3.8, 4) is 0 Å². The lowest BCUT2D eigenvalue weighted by Crippen LogP contribution is -2.50. The maximum absolute atomic E-state index is 11.7. The lowest BCUT2D eigenvalue weighted by Gasteiger charge is -2.25. The molecule has 1 fully saturated rings. The van der Waals surface area contributed by atoms with Crippen molar-refractivity contribution in [2.24, 2.45) is 0 Å². The molecule has 6 N–H and O–H groups in total. The van der Waals surface area contributed by atoms with Gasteiger partial charge in [-0.2, -0.15) is 0 Å². The van der Waals surface area contributed by atoms with Crippen LogP contribution in [0.3, 0.4) is 0 Å². The number of cyclic esters (lactones) is 1. The molecule has 7 atom stereocenters. The molecule has 11 nitrogen and oxygen atoms in total. The molecule has 132 valence electrons. The van der Waals surface area contributed by atoms with Gasteiger partial charge in [0.15, 0.2) is 12.2 Å². The summed E-state index contributed by atoms with van der Waals surface area (Å²) in [4.78, 5) is 34.4. The first-order chi connectivity index (χ1) is 10.6. The number of ketones is 1. The topological polar surface area (TPSA) is 191 Å². The molecule has 0 amide bonds. The first-order valence-electron chi connectivity index (χ1n) is 6.58. The Hall–Kier alpha value is -1.63. The SMILES string of the molecule is C[C@@H](O)[C@@H](O)[C@H](O)[C@@H](O)C(=O)OC1C(=O)C(=O)O[C@@H]1[C@@H](O)CO. The number of carbonyl (C=O) groups excluding carboxylic acids is 3. The van der Waals surface area contributed by atoms with Crippen LogP contribution >= 0.6 is 0 Å². The number of ether oxygens (including phenoxy) is 2. The predicted octanol–water partition coefficient (Wildman–Crippen LogP) is -4.79. The molecule has 0 spiro atoms. The van der Waals surface area contributed by atoms with Gasteiger partial charge in [0, 0.05) is 0 Å². The fourth-order valence-corrected chi connectivity index (χ4v) is 1.82. The average molecular weight is 338 g/mol. The van der Waals surface area contributed by atoms with Crippen molar-refractivity contribution < 1.29 is 54.5 Å². The normalized spacial score (nSPS) is 27.8. The summed E-state index contributed by atoms with van der Waals surface area (Å²) < 4.78 is 8.99. The van der Waals surface area contributed by atoms with E-state index >= 15 is 0 Å². The summed E-state index contributed by atoms with van der Waals surface area (Å²) in [6, 6.07) is 0. The largest absolute Gasteiger partial charge is 0.449 e. The predicted molar refractivity (Wildman–Crippen MR) is 67.6 cm³/mol. The van der Waals surface area contributed by atoms with Gasteiger partial charge < -0.3 is 40.1 Å². The third-order valence-corrected chi connectivity index (χ3v) is 3.22. The molecular weight excluding hydrogens is 320 g/mol. The summed E-state index contributed by atoms with van der Waals surface area (Å²) in [6.07, 6.45) is -13.1. The summed E-state index contributed by atoms with van der Waals surface area (Å²) in [7, 11) is 0. The van der Waals surface area contributed by atoms with Crippen molar-refractivity contribution >= 4 is 17.7 Å². The van der Waals surface area contributed by atoms with Crippen LogP contribution in [0.15, 0.2) is 0 Å². The molecule has 0 saturated carbocycles. The number of hydrogen-bond donors (Lipinski definition) is 6. The van der Waals surface area contributed by atoms with Gasteiger partial charge in [-0.25, -0.2) is 9.59 Å². The summed E-state index contributed by atoms with van der Waals surface area (Å²) in [5.41, 5.74) is 0. The zero-order chi connectivity index (χ0) is 17.9. The van der Waals surface area contributed by atoms with Gasteiger partial charge >= 0.3 is 11.9 Å². The number of hydrogen-bond acceptors (Lipinski definition) is 11. The molecule has 1 unspecified atom stereocenters. The molecule has 0 bridgehead atoms. The molecule has 1 saturated heterocycles. The first kappa shape index (κ1) is 19.4. The monoisotopic (exact) mass is 338 g/mol. The summed E-state index contributed by atoms with van der Waals surface area (Å²) in [5, 5.41) is 55.7. The van der Waals surface area contributed by atoms with Crippen molar-refractivity contribution in [2.45, 2.75) is 49.7 Å². The van der Waals surface area contributed by atoms with Crippen molar-refractivity contribution in [2.75, 3.05) is 6.61 Å². The molecule has 1 aliphatic rings. The van der Waals surface area contributed by atoms with Crippen LogP contribution in [0.5, 0.6) is 0 Å². The van der Waals surface area contributed by atoms with Gasteiger partial charge in [0.2, 0.25) is 6.10 Å². The van der Waals surface area contributed by atoms with Gasteiger partial charge in [-0.15, -0.1) is 0 Å². The highest BCUT2D eigenvalue weighted by Crippen LogP contribution is 2.20. The van der Waals surface area contributed by atoms with Crippen LogP contribution in [-0.4, -0.2) is 97.7 Å². The number of carbonyl (C=O) groups is 3. The second-order valence-corrected chi connectivity index (χ2v) is 5.01. The summed E-state index contributed by atoms with van der Waals surface area (Å²) in [6.45, 7) is 0.192. The van der Waals surface area contributed by atoms with Crippen molar-refractivity contribution in [1.29, 1.82) is 0 Å². The van der Waals surface area contributed by atoms with Crippen LogP contribution in [0.2, 0.25) is 0 Å². The minimum Gasteiger partial charge on any atom is -0.449 e. The second-order valence-electron chi connectivity index (χ2n) is 5.01. The molecule has 1 rings (SSSR count). The molecule has 0 aromatic rings. The summed E-state index contributed by atoms with van der Waals surface area (Å²) >= 11 is 0. The molecule has 11 heteroatoms. The Morgan fingerprint density at radius 1 is 1.17 bits per heavy atom. The molecule has 0 aliphatic carbocycles. The van der Waals surface area contributed by atoms with E-state index in [1.807, 2.05) is 0 Å². The zero-order valence-corrected chi connectivity index (χ0v) is 12.0. The van der Waals surface area contributed by atoms with Crippen molar-refractivity contribution in [3.63, 3.8) is 0 Å². The molecular formula is C12H18O11. The third kappa shape index (κ3) is 4.22. The zero-order valence-electron chi connectivity index (χ0n) is 12.0. The number of rotatable bonds is 7. The van der Waals surface area contributed by atoms with Crippen LogP contribution in [0.1, 0.15) is 6.92 Å². The molecule has 1 heterocycles. The average Bonchev–Trinajstić information content (AvgIpc) is 2.79. The Balaban J connectivity index is 2.81. The highest BCUT2D eigenvalue weighted by molar-refractivity contribution is 6.37. The van der Waals surface area contributed by atoms with E-state index in [1.165, 1.54) is 0 Å². The fourth-order valence-electron chi connectivity index (χ4n) is 1.82. The van der Waals surface area contributed by atoms with E-state index in [0.717, 1.165) is 6.92 Å². The number of Topliss-reactive ketones (excluding diaryl/α,β-unsaturated/α-hetero) is 1. The number of esters is 2. The smallest absolute Gasteiger partial charge is 0.379 e. The van der Waals surface area contributed by atoms with Gasteiger partial charge in [0.1, 0.15) is 18.3 Å². The summed E-state index contributed by atoms with van der Waals surface area (Å²) in [5.74, 6) is -4.32. The van der Waals surface area contributed by atoms with Crippen LogP contribution in [0, 0.1) is 0 Å². The van der Waals surface area contributed by atoms with Gasteiger partial charge in [-0.05, 0) is 6.92 Å². The van der Waals surface area contributed by atoms with Gasteiger partial charge in [0.05, 0.1) is 12.7 Å². The molecule has 0 aromatic carbocycles. The van der Waals surface area contributed by atoms with Gasteiger partial charge in [-0.3, -0.25) is 4.79 Å². The van der Waals surface area contributed by atoms with Crippen LogP contribution in [0.25, 0.3) is 0 Å². The van der Waals surface area contributed by atoms with Gasteiger partial charge in [0.25, 0.3) is 5.78 Å². The highest BCUT2D eigenvalue weighted by atomic mass is 16.6. The Morgan fingerprint density at radius 2 is 1.74 bits per heavy atom. The third-order valence-electron chi connectivity index (χ3n) is 3.22. The molecule has 0 aromatic heterocycles. The Bertz CT molecular complexity index is 462. The standard InChI is InChI=1S/C12H18O11/c1-3(14)5(16)6(17)7(18)11(20)23-10-8(19)12(21)22-9(10)4(15)2-13/h3-7,9-10,13-18H,2H2,1H3/t3-,4+,5-,6+,7-,9-,10?/m1/s1. The quantitative estimate of drug-likeness (QED) is 0.193. The van der Waals surface area contributed by atoms with Crippen molar-refractivity contribution in [3.05, 3.63) is 0 Å². The van der Waals surface area contributed by atoms with Crippen molar-refractivity contribution in [1.82, 2.24) is 0 Å². The Morgan fingerprint density at radius 3 is 2.22 bits per heavy atom. The van der Waals surface area contributed by atoms with E-state index in [0.29, 0.717) is 0 Å². The van der Waals surface area contributed by atoms with E-state index in [2.05, 4.69) is 9.47 Å². The van der Waals surface area contributed by atoms with E-state index in [1.54, 1.807) is 0 Å². The van der Waals surface area contributed by atoms with E-state index in [9.17, 15) is 34.8 Å². The highest BCUT2D eigenvalue weighted by Gasteiger charge is 2.50. The van der Waals surface area contributed by atoms with Crippen LogP contribution in [-0.2, 0) is 23.9 Å². The van der Waals surface area contributed by atoms with E-state index in [-0.39, 0.29) is 0 Å². The van der Waals surface area contributed by atoms with Crippen LogP contribution in [0.4, 0.5) is 0 Å². The maximum Gasteiger partial charge on any atom is 0.379 e. The lowest BCUT2D eigenvalue weighted by atomic mass is 10.0. The Kier molecular flexibility index (Phi) is 6.56. The Labute approximate surface area is 129 Å². The number of aliphatic hydroxyl groups excluding tert-OH is 6. The lowest BCUT2D eigenvalue weighted by molar-refractivity contribution is -0.180. The molecule has 1 aliphatic heterocycles. The minimum absolute atomic E-state index is 0.898. The number of aliphatic hydroxyl groups is 6. The van der Waals surface area contributed by atoms with E-state index in [4.69, 9.17) is 10.2 Å². The van der Waals surface area contributed by atoms with Gasteiger partial charge in [-0.1, -0.05) is 0 Å². The molecule has 23 heavy (non-hydrogen) atoms.